The Morgan fingerprint density at radius 2 is 2.05 bits per heavy atom. The molecule has 112 valence electrons. The summed E-state index contributed by atoms with van der Waals surface area (Å²) in [7, 11) is 3.50. The van der Waals surface area contributed by atoms with Crippen LogP contribution in [0, 0.1) is 5.92 Å². The van der Waals surface area contributed by atoms with E-state index in [4.69, 9.17) is 4.74 Å². The molecule has 0 saturated heterocycles. The second kappa shape index (κ2) is 9.18. The van der Waals surface area contributed by atoms with Crippen molar-refractivity contribution < 1.29 is 4.74 Å². The molecule has 0 radical (unpaired) electrons. The Kier molecular flexibility index (Phi) is 7.91. The van der Waals surface area contributed by atoms with Crippen molar-refractivity contribution >= 4 is 29.9 Å². The first-order valence-corrected chi connectivity index (χ1v) is 6.83. The monoisotopic (exact) mass is 389 g/mol. The van der Waals surface area contributed by atoms with Crippen LogP contribution in [0.4, 0.5) is 0 Å². The van der Waals surface area contributed by atoms with Gasteiger partial charge in [0.1, 0.15) is 0 Å². The Balaban J connectivity index is 0.00000200. The van der Waals surface area contributed by atoms with Crippen LogP contribution >= 0.6 is 24.0 Å². The van der Waals surface area contributed by atoms with Crippen LogP contribution in [0.25, 0.3) is 0 Å². The molecule has 0 aromatic heterocycles. The van der Waals surface area contributed by atoms with Crippen molar-refractivity contribution in [3.8, 4) is 0 Å². The van der Waals surface area contributed by atoms with Crippen molar-refractivity contribution in [1.29, 1.82) is 0 Å². The van der Waals surface area contributed by atoms with E-state index in [1.54, 1.807) is 14.2 Å². The number of nitrogens with one attached hydrogen (secondary N) is 2. The standard InChI is InChI=1S/C15H23N3O.HI/c1-16-15(17-8-9-19-2)18-11-13-10-14(13)12-6-4-3-5-7-12;/h3-7,13-14H,8-11H2,1-2H3,(H2,16,17,18);1H. The minimum Gasteiger partial charge on any atom is -0.383 e. The maximum absolute atomic E-state index is 5.00. The average Bonchev–Trinajstić information content (AvgIpc) is 3.23. The molecule has 0 spiro atoms. The van der Waals surface area contributed by atoms with Gasteiger partial charge in [-0.1, -0.05) is 30.3 Å². The molecule has 5 heteroatoms. The highest BCUT2D eigenvalue weighted by atomic mass is 127. The molecule has 20 heavy (non-hydrogen) atoms. The number of rotatable bonds is 6. The molecule has 1 aromatic carbocycles. The van der Waals surface area contributed by atoms with Crippen LogP contribution in [0.2, 0.25) is 0 Å². The number of hydrogen-bond donors (Lipinski definition) is 2. The van der Waals surface area contributed by atoms with Crippen LogP contribution in [0.5, 0.6) is 0 Å². The maximum atomic E-state index is 5.00. The minimum absolute atomic E-state index is 0. The van der Waals surface area contributed by atoms with Crippen LogP contribution in [0.1, 0.15) is 17.9 Å². The molecule has 1 aliphatic rings. The van der Waals surface area contributed by atoms with Gasteiger partial charge in [-0.05, 0) is 23.8 Å². The molecule has 2 unspecified atom stereocenters. The van der Waals surface area contributed by atoms with E-state index in [1.807, 2.05) is 0 Å². The van der Waals surface area contributed by atoms with Crippen LogP contribution in [-0.2, 0) is 4.74 Å². The quantitative estimate of drug-likeness (QED) is 0.340. The molecule has 0 aliphatic heterocycles. The lowest BCUT2D eigenvalue weighted by Gasteiger charge is -2.11. The summed E-state index contributed by atoms with van der Waals surface area (Å²) >= 11 is 0. The molecule has 0 bridgehead atoms. The molecule has 1 saturated carbocycles. The average molecular weight is 389 g/mol. The molecule has 2 rings (SSSR count). The Morgan fingerprint density at radius 1 is 1.30 bits per heavy atom. The lowest BCUT2D eigenvalue weighted by Crippen LogP contribution is -2.39. The summed E-state index contributed by atoms with van der Waals surface area (Å²) in [6.45, 7) is 2.45. The molecule has 1 fully saturated rings. The van der Waals surface area contributed by atoms with Crippen molar-refractivity contribution in [3.63, 3.8) is 0 Å². The topological polar surface area (TPSA) is 45.7 Å². The maximum Gasteiger partial charge on any atom is 0.191 e. The third kappa shape index (κ3) is 5.28. The van der Waals surface area contributed by atoms with Crippen LogP contribution < -0.4 is 10.6 Å². The number of nitrogens with zero attached hydrogens (tertiary/aromatic N) is 1. The summed E-state index contributed by atoms with van der Waals surface area (Å²) in [5, 5.41) is 6.60. The van der Waals surface area contributed by atoms with Gasteiger partial charge in [0, 0.05) is 27.2 Å². The number of benzene rings is 1. The fourth-order valence-electron chi connectivity index (χ4n) is 2.30. The van der Waals surface area contributed by atoms with E-state index in [0.29, 0.717) is 12.5 Å². The molecule has 0 amide bonds. The molecule has 2 atom stereocenters. The summed E-state index contributed by atoms with van der Waals surface area (Å²) in [6, 6.07) is 10.7. The van der Waals surface area contributed by atoms with Gasteiger partial charge >= 0.3 is 0 Å². The molecule has 1 aliphatic carbocycles. The van der Waals surface area contributed by atoms with Crippen molar-refractivity contribution in [1.82, 2.24) is 10.6 Å². The summed E-state index contributed by atoms with van der Waals surface area (Å²) in [5.41, 5.74) is 1.46. The fraction of sp³-hybridized carbons (Fsp3) is 0.533. The SMILES string of the molecule is CN=C(NCCOC)NCC1CC1c1ccccc1.I. The first kappa shape index (κ1) is 17.2. The summed E-state index contributed by atoms with van der Waals surface area (Å²) in [6.07, 6.45) is 1.27. The predicted octanol–water partition coefficient (Wildman–Crippen LogP) is 2.22. The van der Waals surface area contributed by atoms with Crippen LogP contribution in [-0.4, -0.2) is 39.8 Å². The lowest BCUT2D eigenvalue weighted by molar-refractivity contribution is 0.203. The fourth-order valence-corrected chi connectivity index (χ4v) is 2.30. The van der Waals surface area contributed by atoms with Gasteiger partial charge in [-0.2, -0.15) is 0 Å². The molecule has 0 heterocycles. The van der Waals surface area contributed by atoms with E-state index in [9.17, 15) is 0 Å². The number of methoxy groups -OCH3 is 1. The third-order valence-corrected chi connectivity index (χ3v) is 3.50. The Hall–Kier alpha value is -0.820. The first-order chi connectivity index (χ1) is 9.35. The minimum atomic E-state index is 0. The van der Waals surface area contributed by atoms with Crippen molar-refractivity contribution in [2.24, 2.45) is 10.9 Å². The highest BCUT2D eigenvalue weighted by molar-refractivity contribution is 14.0. The largest absolute Gasteiger partial charge is 0.383 e. The highest BCUT2D eigenvalue weighted by Gasteiger charge is 2.37. The summed E-state index contributed by atoms with van der Waals surface area (Å²) < 4.78 is 5.00. The zero-order chi connectivity index (χ0) is 13.5. The lowest BCUT2D eigenvalue weighted by atomic mass is 10.1. The number of hydrogen-bond acceptors (Lipinski definition) is 2. The Bertz CT molecular complexity index is 411. The summed E-state index contributed by atoms with van der Waals surface area (Å²) in [4.78, 5) is 4.20. The zero-order valence-electron chi connectivity index (χ0n) is 12.1. The van der Waals surface area contributed by atoms with E-state index in [1.165, 1.54) is 12.0 Å². The molecular weight excluding hydrogens is 365 g/mol. The smallest absolute Gasteiger partial charge is 0.191 e. The Morgan fingerprint density at radius 3 is 2.70 bits per heavy atom. The Labute approximate surface area is 138 Å². The van der Waals surface area contributed by atoms with Gasteiger partial charge in [0.2, 0.25) is 0 Å². The van der Waals surface area contributed by atoms with Gasteiger partial charge in [-0.15, -0.1) is 24.0 Å². The van der Waals surface area contributed by atoms with Crippen LogP contribution in [0.3, 0.4) is 0 Å². The number of halogens is 1. The van der Waals surface area contributed by atoms with E-state index >= 15 is 0 Å². The van der Waals surface area contributed by atoms with E-state index < -0.39 is 0 Å². The van der Waals surface area contributed by atoms with E-state index in [-0.39, 0.29) is 24.0 Å². The zero-order valence-corrected chi connectivity index (χ0v) is 14.5. The molecule has 1 aromatic rings. The number of guanidine groups is 1. The van der Waals surface area contributed by atoms with Crippen LogP contribution in [0.15, 0.2) is 35.3 Å². The highest BCUT2D eigenvalue weighted by Crippen LogP contribution is 2.46. The van der Waals surface area contributed by atoms with Gasteiger partial charge in [-0.3, -0.25) is 4.99 Å². The van der Waals surface area contributed by atoms with Gasteiger partial charge in [-0.25, -0.2) is 0 Å². The number of aliphatic imine (C=N–C) groups is 1. The second-order valence-corrected chi connectivity index (χ2v) is 4.89. The van der Waals surface area contributed by atoms with Crippen molar-refractivity contribution in [2.45, 2.75) is 12.3 Å². The van der Waals surface area contributed by atoms with Crippen molar-refractivity contribution in [2.75, 3.05) is 33.9 Å². The van der Waals surface area contributed by atoms with Gasteiger partial charge < -0.3 is 15.4 Å². The summed E-state index contributed by atoms with van der Waals surface area (Å²) in [5.74, 6) is 2.30. The van der Waals surface area contributed by atoms with Gasteiger partial charge in [0.05, 0.1) is 6.61 Å². The normalized spacial score (nSPS) is 21.0. The first-order valence-electron chi connectivity index (χ1n) is 6.83. The van der Waals surface area contributed by atoms with Gasteiger partial charge in [0.25, 0.3) is 0 Å². The van der Waals surface area contributed by atoms with E-state index in [0.717, 1.165) is 25.0 Å². The molecule has 2 N–H and O–H groups in total. The molecule has 4 nitrogen and oxygen atoms in total. The second-order valence-electron chi connectivity index (χ2n) is 4.89. The third-order valence-electron chi connectivity index (χ3n) is 3.50. The predicted molar refractivity (Wildman–Crippen MR) is 93.9 cm³/mol. The molecular formula is C15H24IN3O. The number of ether oxygens (including phenoxy) is 1. The van der Waals surface area contributed by atoms with Crippen molar-refractivity contribution in [3.05, 3.63) is 35.9 Å². The van der Waals surface area contributed by atoms with E-state index in [2.05, 4.69) is 46.0 Å². The van der Waals surface area contributed by atoms with Gasteiger partial charge in [0.15, 0.2) is 5.96 Å².